The molecule has 0 spiro atoms. The molecule has 0 aliphatic carbocycles. The second-order valence-corrected chi connectivity index (χ2v) is 3.11. The van der Waals surface area contributed by atoms with Gasteiger partial charge in [-0.05, 0) is 6.92 Å². The average molecular weight is 175 g/mol. The van der Waals surface area contributed by atoms with Crippen LogP contribution in [0.4, 0.5) is 4.39 Å². The molecule has 12 heavy (non-hydrogen) atoms. The molecule has 2 atom stereocenters. The van der Waals surface area contributed by atoms with E-state index in [2.05, 4.69) is 10.1 Å². The second-order valence-electron chi connectivity index (χ2n) is 3.11. The number of carbonyl (C=O) groups is 1. The van der Waals surface area contributed by atoms with Crippen molar-refractivity contribution in [2.24, 2.45) is 5.92 Å². The fraction of sp³-hybridized carbons (Fsp3) is 0.875. The third kappa shape index (κ3) is 1.43. The van der Waals surface area contributed by atoms with Crippen LogP contribution < -0.4 is 5.32 Å². The minimum absolute atomic E-state index is 0.0764. The molecule has 1 aliphatic rings. The van der Waals surface area contributed by atoms with Gasteiger partial charge in [-0.3, -0.25) is 0 Å². The average Bonchev–Trinajstić information content (AvgIpc) is 2.34. The number of halogens is 1. The van der Waals surface area contributed by atoms with Crippen molar-refractivity contribution in [3.63, 3.8) is 0 Å². The molecule has 0 unspecified atom stereocenters. The first-order chi connectivity index (χ1) is 5.61. The minimum Gasteiger partial charge on any atom is -0.464 e. The van der Waals surface area contributed by atoms with E-state index in [9.17, 15) is 9.18 Å². The molecule has 1 rings (SSSR count). The van der Waals surface area contributed by atoms with E-state index in [0.29, 0.717) is 6.54 Å². The maximum Gasteiger partial charge on any atom is 0.345 e. The predicted molar refractivity (Wildman–Crippen MR) is 42.5 cm³/mol. The van der Waals surface area contributed by atoms with E-state index >= 15 is 0 Å². The Bertz CT molecular complexity index is 186. The van der Waals surface area contributed by atoms with Gasteiger partial charge in [-0.1, -0.05) is 6.92 Å². The number of nitrogens with one attached hydrogen (secondary N) is 1. The molecule has 1 fully saturated rings. The number of hydrogen-bond donors (Lipinski definition) is 1. The van der Waals surface area contributed by atoms with Crippen molar-refractivity contribution in [2.45, 2.75) is 19.5 Å². The van der Waals surface area contributed by atoms with Crippen molar-refractivity contribution in [3.05, 3.63) is 0 Å². The maximum atomic E-state index is 13.7. The SMILES string of the molecule is CCOC(=O)[C@@]1(F)CNC[C@@H]1C. The summed E-state index contributed by atoms with van der Waals surface area (Å²) in [6.07, 6.45) is 0. The lowest BCUT2D eigenvalue weighted by Crippen LogP contribution is -2.42. The first kappa shape index (κ1) is 9.45. The van der Waals surface area contributed by atoms with Gasteiger partial charge < -0.3 is 10.1 Å². The van der Waals surface area contributed by atoms with E-state index in [1.54, 1.807) is 13.8 Å². The van der Waals surface area contributed by atoms with Crippen molar-refractivity contribution in [1.82, 2.24) is 5.32 Å². The molecule has 0 aromatic rings. The first-order valence-corrected chi connectivity index (χ1v) is 4.18. The van der Waals surface area contributed by atoms with Gasteiger partial charge in [0.2, 0.25) is 5.67 Å². The summed E-state index contributed by atoms with van der Waals surface area (Å²) in [5, 5.41) is 2.83. The number of rotatable bonds is 2. The number of alkyl halides is 1. The van der Waals surface area contributed by atoms with E-state index in [4.69, 9.17) is 0 Å². The van der Waals surface area contributed by atoms with Crippen LogP contribution in [0, 0.1) is 5.92 Å². The number of carbonyl (C=O) groups excluding carboxylic acids is 1. The zero-order chi connectivity index (χ0) is 9.19. The van der Waals surface area contributed by atoms with Crippen LogP contribution in [-0.2, 0) is 9.53 Å². The Balaban J connectivity index is 2.63. The molecular formula is C8H14FNO2. The molecule has 1 saturated heterocycles. The fourth-order valence-electron chi connectivity index (χ4n) is 1.33. The van der Waals surface area contributed by atoms with Crippen LogP contribution in [0.25, 0.3) is 0 Å². The Morgan fingerprint density at radius 1 is 1.83 bits per heavy atom. The topological polar surface area (TPSA) is 38.3 Å². The molecule has 1 heterocycles. The highest BCUT2D eigenvalue weighted by Gasteiger charge is 2.48. The predicted octanol–water partition coefficient (Wildman–Crippen LogP) is 0.497. The summed E-state index contributed by atoms with van der Waals surface area (Å²) in [6.45, 7) is 4.23. The van der Waals surface area contributed by atoms with Crippen LogP contribution in [0.15, 0.2) is 0 Å². The van der Waals surface area contributed by atoms with Crippen LogP contribution >= 0.6 is 0 Å². The molecule has 1 N–H and O–H groups in total. The van der Waals surface area contributed by atoms with Crippen LogP contribution in [0.1, 0.15) is 13.8 Å². The molecule has 0 radical (unpaired) electrons. The van der Waals surface area contributed by atoms with Crippen molar-refractivity contribution < 1.29 is 13.9 Å². The highest BCUT2D eigenvalue weighted by atomic mass is 19.1. The normalized spacial score (nSPS) is 35.1. The van der Waals surface area contributed by atoms with Crippen molar-refractivity contribution in [3.8, 4) is 0 Å². The summed E-state index contributed by atoms with van der Waals surface area (Å²) in [7, 11) is 0. The zero-order valence-electron chi connectivity index (χ0n) is 7.39. The fourth-order valence-corrected chi connectivity index (χ4v) is 1.33. The van der Waals surface area contributed by atoms with Crippen molar-refractivity contribution >= 4 is 5.97 Å². The van der Waals surface area contributed by atoms with Crippen molar-refractivity contribution in [1.29, 1.82) is 0 Å². The maximum absolute atomic E-state index is 13.7. The summed E-state index contributed by atoms with van der Waals surface area (Å²) in [5.41, 5.74) is -1.81. The minimum atomic E-state index is -1.81. The van der Waals surface area contributed by atoms with Gasteiger partial charge in [0.1, 0.15) is 0 Å². The third-order valence-electron chi connectivity index (χ3n) is 2.23. The molecule has 3 nitrogen and oxygen atoms in total. The van der Waals surface area contributed by atoms with Gasteiger partial charge in [0, 0.05) is 19.0 Å². The van der Waals surface area contributed by atoms with Gasteiger partial charge in [-0.15, -0.1) is 0 Å². The summed E-state index contributed by atoms with van der Waals surface area (Å²) >= 11 is 0. The Kier molecular flexibility index (Phi) is 2.67. The Hall–Kier alpha value is -0.640. The molecular weight excluding hydrogens is 161 g/mol. The Morgan fingerprint density at radius 2 is 2.50 bits per heavy atom. The van der Waals surface area contributed by atoms with Crippen LogP contribution in [0.3, 0.4) is 0 Å². The van der Waals surface area contributed by atoms with Gasteiger partial charge in [0.15, 0.2) is 0 Å². The van der Waals surface area contributed by atoms with Crippen molar-refractivity contribution in [2.75, 3.05) is 19.7 Å². The first-order valence-electron chi connectivity index (χ1n) is 4.18. The monoisotopic (exact) mass is 175 g/mol. The Labute approximate surface area is 71.3 Å². The highest BCUT2D eigenvalue weighted by molar-refractivity contribution is 5.80. The van der Waals surface area contributed by atoms with Crippen LogP contribution in [0.2, 0.25) is 0 Å². The van der Waals surface area contributed by atoms with Gasteiger partial charge in [0.05, 0.1) is 6.61 Å². The van der Waals surface area contributed by atoms with Gasteiger partial charge in [-0.2, -0.15) is 0 Å². The van der Waals surface area contributed by atoms with E-state index in [1.165, 1.54) is 0 Å². The van der Waals surface area contributed by atoms with E-state index in [0.717, 1.165) is 0 Å². The Morgan fingerprint density at radius 3 is 2.92 bits per heavy atom. The van der Waals surface area contributed by atoms with Gasteiger partial charge in [-0.25, -0.2) is 9.18 Å². The summed E-state index contributed by atoms with van der Waals surface area (Å²) in [6, 6.07) is 0. The molecule has 4 heteroatoms. The molecule has 0 amide bonds. The van der Waals surface area contributed by atoms with Gasteiger partial charge >= 0.3 is 5.97 Å². The highest BCUT2D eigenvalue weighted by Crippen LogP contribution is 2.27. The standard InChI is InChI=1S/C8H14FNO2/c1-3-12-7(11)8(9)5-10-4-6(8)2/h6,10H,3-5H2,1-2H3/t6-,8+/m0/s1. The molecule has 0 bridgehead atoms. The molecule has 0 aromatic heterocycles. The lowest BCUT2D eigenvalue weighted by molar-refractivity contribution is -0.158. The van der Waals surface area contributed by atoms with E-state index < -0.39 is 11.6 Å². The third-order valence-corrected chi connectivity index (χ3v) is 2.23. The number of esters is 1. The molecule has 70 valence electrons. The molecule has 0 aromatic carbocycles. The number of ether oxygens (including phenoxy) is 1. The van der Waals surface area contributed by atoms with Crippen LogP contribution in [0.5, 0.6) is 0 Å². The summed E-state index contributed by atoms with van der Waals surface area (Å²) in [5.74, 6) is -1.03. The van der Waals surface area contributed by atoms with E-state index in [1.807, 2.05) is 0 Å². The zero-order valence-corrected chi connectivity index (χ0v) is 7.39. The molecule has 0 saturated carbocycles. The quantitative estimate of drug-likeness (QED) is 0.621. The second kappa shape index (κ2) is 3.39. The lowest BCUT2D eigenvalue weighted by Gasteiger charge is -2.20. The smallest absolute Gasteiger partial charge is 0.345 e. The van der Waals surface area contributed by atoms with Crippen LogP contribution in [-0.4, -0.2) is 31.3 Å². The number of hydrogen-bond acceptors (Lipinski definition) is 3. The molecule has 1 aliphatic heterocycles. The largest absolute Gasteiger partial charge is 0.464 e. The lowest BCUT2D eigenvalue weighted by atomic mass is 9.95. The summed E-state index contributed by atoms with van der Waals surface area (Å²) in [4.78, 5) is 11.1. The summed E-state index contributed by atoms with van der Waals surface area (Å²) < 4.78 is 18.4. The van der Waals surface area contributed by atoms with E-state index in [-0.39, 0.29) is 19.1 Å². The van der Waals surface area contributed by atoms with Gasteiger partial charge in [0.25, 0.3) is 0 Å².